The number of anilines is 1. The summed E-state index contributed by atoms with van der Waals surface area (Å²) in [4.78, 5) is 0.379. The van der Waals surface area contributed by atoms with Crippen LogP contribution in [0.15, 0.2) is 23.1 Å². The van der Waals surface area contributed by atoms with Crippen LogP contribution < -0.4 is 10.0 Å². The first-order chi connectivity index (χ1) is 9.49. The minimum atomic E-state index is -3.37. The van der Waals surface area contributed by atoms with Crippen molar-refractivity contribution >= 4 is 15.7 Å². The third-order valence-corrected chi connectivity index (χ3v) is 5.03. The number of sulfonamides is 1. The monoisotopic (exact) mass is 296 g/mol. The molecule has 0 aromatic heterocycles. The fraction of sp³-hybridized carbons (Fsp3) is 0.600. The maximum absolute atomic E-state index is 12.2. The van der Waals surface area contributed by atoms with Crippen molar-refractivity contribution in [2.24, 2.45) is 5.92 Å². The smallest absolute Gasteiger partial charge is 0.240 e. The summed E-state index contributed by atoms with van der Waals surface area (Å²) in [7, 11) is -3.37. The lowest BCUT2D eigenvalue weighted by molar-refractivity contribution is 0.540. The minimum absolute atomic E-state index is 0.379. The Bertz CT molecular complexity index is 553. The molecule has 0 amide bonds. The Morgan fingerprint density at radius 3 is 2.90 bits per heavy atom. The molecule has 0 aliphatic carbocycles. The van der Waals surface area contributed by atoms with Gasteiger partial charge in [-0.25, -0.2) is 13.1 Å². The van der Waals surface area contributed by atoms with Gasteiger partial charge in [-0.2, -0.15) is 0 Å². The largest absolute Gasteiger partial charge is 0.385 e. The SMILES string of the molecule is CC(C)CCCNS(=O)(=O)c1ccc2c(c1)CCCN2. The lowest BCUT2D eigenvalue weighted by Gasteiger charge is -2.18. The van der Waals surface area contributed by atoms with Gasteiger partial charge < -0.3 is 5.32 Å². The van der Waals surface area contributed by atoms with E-state index in [1.807, 2.05) is 6.07 Å². The van der Waals surface area contributed by atoms with Crippen LogP contribution in [0, 0.1) is 5.92 Å². The standard InChI is InChI=1S/C15H24N2O2S/c1-12(2)5-3-10-17-20(18,19)14-7-8-15-13(11-14)6-4-9-16-15/h7-8,11-12,16-17H,3-6,9-10H2,1-2H3. The van der Waals surface area contributed by atoms with Crippen LogP contribution in [0.3, 0.4) is 0 Å². The molecule has 0 spiro atoms. The van der Waals surface area contributed by atoms with E-state index in [0.717, 1.165) is 43.5 Å². The van der Waals surface area contributed by atoms with Gasteiger partial charge in [0.1, 0.15) is 0 Å². The molecule has 1 aliphatic heterocycles. The van der Waals surface area contributed by atoms with E-state index in [1.54, 1.807) is 12.1 Å². The maximum atomic E-state index is 12.2. The molecule has 5 heteroatoms. The van der Waals surface area contributed by atoms with E-state index < -0.39 is 10.0 Å². The average Bonchev–Trinajstić information content (AvgIpc) is 2.43. The van der Waals surface area contributed by atoms with E-state index in [1.165, 1.54) is 0 Å². The van der Waals surface area contributed by atoms with Gasteiger partial charge in [-0.1, -0.05) is 13.8 Å². The average molecular weight is 296 g/mol. The van der Waals surface area contributed by atoms with Gasteiger partial charge in [0.25, 0.3) is 0 Å². The van der Waals surface area contributed by atoms with Crippen molar-refractivity contribution in [1.82, 2.24) is 4.72 Å². The van der Waals surface area contributed by atoms with Crippen LogP contribution in [0.1, 0.15) is 38.7 Å². The van der Waals surface area contributed by atoms with E-state index in [9.17, 15) is 8.42 Å². The van der Waals surface area contributed by atoms with Gasteiger partial charge in [0, 0.05) is 18.8 Å². The van der Waals surface area contributed by atoms with Gasteiger partial charge in [-0.3, -0.25) is 0 Å². The van der Waals surface area contributed by atoms with Crippen molar-refractivity contribution in [2.45, 2.75) is 44.4 Å². The number of rotatable bonds is 6. The third-order valence-electron chi connectivity index (χ3n) is 3.58. The molecule has 1 aromatic rings. The first kappa shape index (κ1) is 15.3. The zero-order valence-electron chi connectivity index (χ0n) is 12.3. The topological polar surface area (TPSA) is 58.2 Å². The van der Waals surface area contributed by atoms with Crippen LogP contribution in [0.2, 0.25) is 0 Å². The van der Waals surface area contributed by atoms with Crippen LogP contribution in [0.5, 0.6) is 0 Å². The molecule has 0 saturated heterocycles. The van der Waals surface area contributed by atoms with Crippen LogP contribution in [0.4, 0.5) is 5.69 Å². The number of aryl methyl sites for hydroxylation is 1. The predicted octanol–water partition coefficient (Wildman–Crippen LogP) is 2.76. The summed E-state index contributed by atoms with van der Waals surface area (Å²) in [5.74, 6) is 0.606. The summed E-state index contributed by atoms with van der Waals surface area (Å²) in [6.07, 6.45) is 3.91. The lowest BCUT2D eigenvalue weighted by Crippen LogP contribution is -2.25. The first-order valence-corrected chi connectivity index (χ1v) is 8.84. The number of hydrogen-bond acceptors (Lipinski definition) is 3. The highest BCUT2D eigenvalue weighted by molar-refractivity contribution is 7.89. The number of benzene rings is 1. The lowest BCUT2D eigenvalue weighted by atomic mass is 10.0. The summed E-state index contributed by atoms with van der Waals surface area (Å²) < 4.78 is 27.2. The molecule has 0 atom stereocenters. The molecule has 2 rings (SSSR count). The van der Waals surface area contributed by atoms with Gasteiger partial charge in [-0.15, -0.1) is 0 Å². The normalized spacial score (nSPS) is 14.9. The Morgan fingerprint density at radius 2 is 2.15 bits per heavy atom. The van der Waals surface area contributed by atoms with Crippen LogP contribution in [-0.2, 0) is 16.4 Å². The quantitative estimate of drug-likeness (QED) is 0.794. The minimum Gasteiger partial charge on any atom is -0.385 e. The van der Waals surface area contributed by atoms with Crippen molar-refractivity contribution in [3.63, 3.8) is 0 Å². The molecule has 20 heavy (non-hydrogen) atoms. The summed E-state index contributed by atoms with van der Waals surface area (Å²) in [5, 5.41) is 3.29. The van der Waals surface area contributed by atoms with Crippen LogP contribution in [-0.4, -0.2) is 21.5 Å². The Labute approximate surface area is 122 Å². The van der Waals surface area contributed by atoms with E-state index in [-0.39, 0.29) is 0 Å². The number of hydrogen-bond donors (Lipinski definition) is 2. The second-order valence-electron chi connectivity index (χ2n) is 5.78. The fourth-order valence-electron chi connectivity index (χ4n) is 2.42. The Kier molecular flexibility index (Phi) is 5.05. The molecule has 112 valence electrons. The van der Waals surface area contributed by atoms with Crippen molar-refractivity contribution in [2.75, 3.05) is 18.4 Å². The van der Waals surface area contributed by atoms with Gasteiger partial charge >= 0.3 is 0 Å². The third kappa shape index (κ3) is 3.96. The van der Waals surface area contributed by atoms with Crippen molar-refractivity contribution < 1.29 is 8.42 Å². The highest BCUT2D eigenvalue weighted by Gasteiger charge is 2.17. The Hall–Kier alpha value is -1.07. The van der Waals surface area contributed by atoms with Crippen molar-refractivity contribution in [3.05, 3.63) is 23.8 Å². The molecular formula is C15H24N2O2S. The summed E-state index contributed by atoms with van der Waals surface area (Å²) in [6, 6.07) is 5.35. The maximum Gasteiger partial charge on any atom is 0.240 e. The number of nitrogens with one attached hydrogen (secondary N) is 2. The Morgan fingerprint density at radius 1 is 1.35 bits per heavy atom. The molecule has 0 unspecified atom stereocenters. The molecule has 0 bridgehead atoms. The first-order valence-electron chi connectivity index (χ1n) is 7.35. The molecular weight excluding hydrogens is 272 g/mol. The van der Waals surface area contributed by atoms with E-state index in [0.29, 0.717) is 17.4 Å². The van der Waals surface area contributed by atoms with Crippen LogP contribution in [0.25, 0.3) is 0 Å². The van der Waals surface area contributed by atoms with Gasteiger partial charge in [-0.05, 0) is 55.4 Å². The fourth-order valence-corrected chi connectivity index (χ4v) is 3.54. The van der Waals surface area contributed by atoms with Crippen molar-refractivity contribution in [3.8, 4) is 0 Å². The number of fused-ring (bicyclic) bond motifs is 1. The molecule has 0 fully saturated rings. The van der Waals surface area contributed by atoms with Gasteiger partial charge in [0.05, 0.1) is 4.90 Å². The second kappa shape index (κ2) is 6.59. The predicted molar refractivity (Wildman–Crippen MR) is 82.5 cm³/mol. The zero-order chi connectivity index (χ0) is 14.6. The highest BCUT2D eigenvalue weighted by atomic mass is 32.2. The summed E-state index contributed by atoms with van der Waals surface area (Å²) in [5.41, 5.74) is 2.16. The van der Waals surface area contributed by atoms with E-state index in [2.05, 4.69) is 23.9 Å². The molecule has 1 aliphatic rings. The molecule has 2 N–H and O–H groups in total. The molecule has 1 heterocycles. The van der Waals surface area contributed by atoms with Gasteiger partial charge in [0.2, 0.25) is 10.0 Å². The zero-order valence-corrected chi connectivity index (χ0v) is 13.1. The van der Waals surface area contributed by atoms with E-state index >= 15 is 0 Å². The molecule has 0 saturated carbocycles. The van der Waals surface area contributed by atoms with E-state index in [4.69, 9.17) is 0 Å². The van der Waals surface area contributed by atoms with Crippen LogP contribution >= 0.6 is 0 Å². The highest BCUT2D eigenvalue weighted by Crippen LogP contribution is 2.24. The molecule has 4 nitrogen and oxygen atoms in total. The molecule has 0 radical (unpaired) electrons. The summed E-state index contributed by atoms with van der Waals surface area (Å²) in [6.45, 7) is 5.76. The van der Waals surface area contributed by atoms with Crippen molar-refractivity contribution in [1.29, 1.82) is 0 Å². The second-order valence-corrected chi connectivity index (χ2v) is 7.55. The summed E-state index contributed by atoms with van der Waals surface area (Å²) >= 11 is 0. The van der Waals surface area contributed by atoms with Gasteiger partial charge in [0.15, 0.2) is 0 Å². The molecule has 1 aromatic carbocycles. The Balaban J connectivity index is 2.02.